The second-order valence-electron chi connectivity index (χ2n) is 5.76. The van der Waals surface area contributed by atoms with Gasteiger partial charge in [-0.05, 0) is 24.6 Å². The van der Waals surface area contributed by atoms with Gasteiger partial charge < -0.3 is 13.9 Å². The molecule has 0 unspecified atom stereocenters. The number of aryl methyl sites for hydroxylation is 1. The normalized spacial score (nSPS) is 10.6. The van der Waals surface area contributed by atoms with Crippen LogP contribution in [-0.2, 0) is 16.1 Å². The van der Waals surface area contributed by atoms with E-state index >= 15 is 0 Å². The highest BCUT2D eigenvalue weighted by Crippen LogP contribution is 2.25. The van der Waals surface area contributed by atoms with Gasteiger partial charge in [0.25, 0.3) is 0 Å². The van der Waals surface area contributed by atoms with Crippen molar-refractivity contribution in [2.24, 2.45) is 0 Å². The summed E-state index contributed by atoms with van der Waals surface area (Å²) in [7, 11) is 0. The number of nitro benzene ring substituents is 1. The Hall–Kier alpha value is -3.68. The van der Waals surface area contributed by atoms with Crippen molar-refractivity contribution in [1.82, 2.24) is 0 Å². The first-order chi connectivity index (χ1) is 12.9. The fourth-order valence-corrected chi connectivity index (χ4v) is 2.52. The van der Waals surface area contributed by atoms with Crippen molar-refractivity contribution in [3.63, 3.8) is 0 Å². The van der Waals surface area contributed by atoms with E-state index in [0.29, 0.717) is 16.5 Å². The molecule has 0 amide bonds. The number of fused-ring (bicyclic) bond motifs is 1. The van der Waals surface area contributed by atoms with Crippen LogP contribution >= 0.6 is 0 Å². The number of nitrogens with zero attached hydrogens (tertiary/aromatic N) is 1. The average Bonchev–Trinajstić information content (AvgIpc) is 2.64. The van der Waals surface area contributed by atoms with Crippen LogP contribution in [0.3, 0.4) is 0 Å². The third kappa shape index (κ3) is 4.30. The molecule has 0 fully saturated rings. The Labute approximate surface area is 153 Å². The van der Waals surface area contributed by atoms with Crippen molar-refractivity contribution in [3.8, 4) is 5.75 Å². The summed E-state index contributed by atoms with van der Waals surface area (Å²) in [5.41, 5.74) is 1.05. The highest BCUT2D eigenvalue weighted by atomic mass is 16.6. The number of ether oxygens (including phenoxy) is 2. The van der Waals surface area contributed by atoms with Crippen LogP contribution in [0.25, 0.3) is 11.0 Å². The minimum absolute atomic E-state index is 0.0271. The molecular weight excluding hydrogens is 354 g/mol. The van der Waals surface area contributed by atoms with Crippen molar-refractivity contribution < 1.29 is 23.6 Å². The number of hydrogen-bond acceptors (Lipinski definition) is 7. The van der Waals surface area contributed by atoms with Crippen LogP contribution in [0.5, 0.6) is 5.75 Å². The summed E-state index contributed by atoms with van der Waals surface area (Å²) in [6, 6.07) is 12.3. The zero-order valence-electron chi connectivity index (χ0n) is 14.3. The van der Waals surface area contributed by atoms with Gasteiger partial charge >= 0.3 is 17.3 Å². The van der Waals surface area contributed by atoms with Crippen molar-refractivity contribution in [1.29, 1.82) is 0 Å². The van der Waals surface area contributed by atoms with Gasteiger partial charge in [-0.3, -0.25) is 10.1 Å². The molecule has 0 saturated carbocycles. The van der Waals surface area contributed by atoms with Gasteiger partial charge in [0.05, 0.1) is 4.92 Å². The second kappa shape index (κ2) is 7.69. The van der Waals surface area contributed by atoms with Crippen LogP contribution in [0, 0.1) is 17.0 Å². The highest BCUT2D eigenvalue weighted by molar-refractivity contribution is 5.81. The number of carbonyl (C=O) groups is 1. The van der Waals surface area contributed by atoms with Gasteiger partial charge in [0.2, 0.25) is 0 Å². The maximum absolute atomic E-state index is 11.9. The Kier molecular flexibility index (Phi) is 5.16. The fraction of sp³-hybridized carbons (Fsp3) is 0.158. The second-order valence-corrected chi connectivity index (χ2v) is 5.76. The van der Waals surface area contributed by atoms with E-state index < -0.39 is 23.1 Å². The molecule has 0 atom stereocenters. The van der Waals surface area contributed by atoms with Gasteiger partial charge in [-0.1, -0.05) is 24.3 Å². The molecular formula is C19H15NO7. The van der Waals surface area contributed by atoms with Crippen molar-refractivity contribution in [3.05, 3.63) is 80.2 Å². The van der Waals surface area contributed by atoms with Gasteiger partial charge in [-0.2, -0.15) is 0 Å². The Balaban J connectivity index is 1.67. The monoisotopic (exact) mass is 369 g/mol. The van der Waals surface area contributed by atoms with Gasteiger partial charge in [-0.25, -0.2) is 9.59 Å². The van der Waals surface area contributed by atoms with E-state index in [9.17, 15) is 19.7 Å². The number of carbonyl (C=O) groups excluding carboxylic acids is 1. The standard InChI is InChI=1S/C19H15NO7/c1-12-6-7-14-13(9-18(21)27-17(14)8-12)10-26-19(22)11-25-16-5-3-2-4-15(16)20(23)24/h2-9H,10-11H2,1H3. The quantitative estimate of drug-likeness (QED) is 0.284. The molecule has 0 aliphatic rings. The van der Waals surface area contributed by atoms with Crippen molar-refractivity contribution >= 4 is 22.6 Å². The third-order valence-electron chi connectivity index (χ3n) is 3.78. The summed E-state index contributed by atoms with van der Waals surface area (Å²) in [5, 5.41) is 11.6. The van der Waals surface area contributed by atoms with E-state index in [1.165, 1.54) is 24.3 Å². The van der Waals surface area contributed by atoms with Crippen LogP contribution < -0.4 is 10.4 Å². The minimum Gasteiger partial charge on any atom is -0.475 e. The van der Waals surface area contributed by atoms with Crippen LogP contribution in [0.2, 0.25) is 0 Å². The molecule has 0 saturated heterocycles. The lowest BCUT2D eigenvalue weighted by molar-refractivity contribution is -0.385. The first kappa shape index (κ1) is 18.1. The Morgan fingerprint density at radius 2 is 1.96 bits per heavy atom. The summed E-state index contributed by atoms with van der Waals surface area (Å²) in [6.45, 7) is 1.22. The smallest absolute Gasteiger partial charge is 0.344 e. The molecule has 1 heterocycles. The molecule has 3 aromatic rings. The predicted octanol–water partition coefficient (Wildman–Crippen LogP) is 3.13. The number of rotatable bonds is 6. The first-order valence-corrected chi connectivity index (χ1v) is 7.99. The van der Waals surface area contributed by atoms with Gasteiger partial charge in [0, 0.05) is 23.1 Å². The number of nitro groups is 1. The van der Waals surface area contributed by atoms with Crippen LogP contribution in [-0.4, -0.2) is 17.5 Å². The van der Waals surface area contributed by atoms with Gasteiger partial charge in [0.15, 0.2) is 12.4 Å². The Morgan fingerprint density at radius 1 is 1.19 bits per heavy atom. The Bertz CT molecular complexity index is 1070. The van der Waals surface area contributed by atoms with Crippen LogP contribution in [0.1, 0.15) is 11.1 Å². The molecule has 0 bridgehead atoms. The maximum atomic E-state index is 11.9. The first-order valence-electron chi connectivity index (χ1n) is 7.99. The summed E-state index contributed by atoms with van der Waals surface area (Å²) in [5.74, 6) is -0.748. The number of esters is 1. The molecule has 0 aliphatic heterocycles. The van der Waals surface area contributed by atoms with E-state index in [2.05, 4.69) is 0 Å². The summed E-state index contributed by atoms with van der Waals surface area (Å²) >= 11 is 0. The van der Waals surface area contributed by atoms with Gasteiger partial charge in [0.1, 0.15) is 12.2 Å². The molecule has 0 N–H and O–H groups in total. The van der Waals surface area contributed by atoms with Crippen LogP contribution in [0.4, 0.5) is 5.69 Å². The zero-order chi connectivity index (χ0) is 19.4. The van der Waals surface area contributed by atoms with Gasteiger partial charge in [-0.15, -0.1) is 0 Å². The third-order valence-corrected chi connectivity index (χ3v) is 3.78. The molecule has 8 nitrogen and oxygen atoms in total. The molecule has 0 aliphatic carbocycles. The summed E-state index contributed by atoms with van der Waals surface area (Å²) < 4.78 is 15.5. The number of benzene rings is 2. The topological polar surface area (TPSA) is 109 Å². The fourth-order valence-electron chi connectivity index (χ4n) is 2.52. The summed E-state index contributed by atoms with van der Waals surface area (Å²) in [6.07, 6.45) is 0. The lowest BCUT2D eigenvalue weighted by Crippen LogP contribution is -2.16. The largest absolute Gasteiger partial charge is 0.475 e. The van der Waals surface area contributed by atoms with E-state index in [1.807, 2.05) is 13.0 Å². The van der Waals surface area contributed by atoms with Crippen molar-refractivity contribution in [2.45, 2.75) is 13.5 Å². The Morgan fingerprint density at radius 3 is 2.74 bits per heavy atom. The molecule has 1 aromatic heterocycles. The number of para-hydroxylation sites is 2. The lowest BCUT2D eigenvalue weighted by Gasteiger charge is -2.09. The molecule has 2 aromatic carbocycles. The SMILES string of the molecule is Cc1ccc2c(COC(=O)COc3ccccc3[N+](=O)[O-])cc(=O)oc2c1. The number of hydrogen-bond donors (Lipinski definition) is 0. The molecule has 27 heavy (non-hydrogen) atoms. The molecule has 0 radical (unpaired) electrons. The predicted molar refractivity (Wildman–Crippen MR) is 95.6 cm³/mol. The van der Waals surface area contributed by atoms with E-state index in [0.717, 1.165) is 5.56 Å². The van der Waals surface area contributed by atoms with E-state index in [-0.39, 0.29) is 18.0 Å². The minimum atomic E-state index is -0.721. The van der Waals surface area contributed by atoms with Crippen LogP contribution in [0.15, 0.2) is 57.7 Å². The van der Waals surface area contributed by atoms with E-state index in [1.54, 1.807) is 18.2 Å². The highest BCUT2D eigenvalue weighted by Gasteiger charge is 2.16. The van der Waals surface area contributed by atoms with Crippen molar-refractivity contribution in [2.75, 3.05) is 6.61 Å². The molecule has 138 valence electrons. The molecule has 3 rings (SSSR count). The molecule has 8 heteroatoms. The average molecular weight is 369 g/mol. The lowest BCUT2D eigenvalue weighted by atomic mass is 10.1. The maximum Gasteiger partial charge on any atom is 0.344 e. The summed E-state index contributed by atoms with van der Waals surface area (Å²) in [4.78, 5) is 33.9. The molecule has 0 spiro atoms. The van der Waals surface area contributed by atoms with E-state index in [4.69, 9.17) is 13.9 Å². The zero-order valence-corrected chi connectivity index (χ0v) is 14.3.